The highest BCUT2D eigenvalue weighted by molar-refractivity contribution is 5.95. The molecule has 2 aliphatic rings. The van der Waals surface area contributed by atoms with Gasteiger partial charge in [0, 0.05) is 41.7 Å². The molecule has 2 heterocycles. The van der Waals surface area contributed by atoms with E-state index in [1.54, 1.807) is 12.7 Å². The van der Waals surface area contributed by atoms with E-state index in [0.717, 1.165) is 43.0 Å². The number of nitrogens with one attached hydrogen (secondary N) is 1. The Balaban J connectivity index is 1.47. The summed E-state index contributed by atoms with van der Waals surface area (Å²) in [5, 5.41) is 4.43. The summed E-state index contributed by atoms with van der Waals surface area (Å²) < 4.78 is 5.46. The molecule has 4 nitrogen and oxygen atoms in total. The number of rotatable bonds is 7. The Morgan fingerprint density at radius 2 is 1.87 bits per heavy atom. The number of benzene rings is 2. The lowest BCUT2D eigenvalue weighted by molar-refractivity contribution is 0.415. The molecule has 4 heteroatoms. The van der Waals surface area contributed by atoms with Gasteiger partial charge in [-0.1, -0.05) is 35.9 Å². The van der Waals surface area contributed by atoms with Gasteiger partial charge in [-0.15, -0.1) is 0 Å². The van der Waals surface area contributed by atoms with Gasteiger partial charge in [0.15, 0.2) is 0 Å². The topological polar surface area (TPSA) is 37.4 Å². The third kappa shape index (κ3) is 3.68. The second-order valence-electron chi connectivity index (χ2n) is 8.30. The molecule has 30 heavy (non-hydrogen) atoms. The molecule has 5 rings (SSSR count). The summed E-state index contributed by atoms with van der Waals surface area (Å²) in [6.45, 7) is 3.28. The molecule has 0 spiro atoms. The maximum atomic E-state index is 5.46. The zero-order valence-electron chi connectivity index (χ0n) is 17.8. The third-order valence-corrected chi connectivity index (χ3v) is 6.34. The van der Waals surface area contributed by atoms with Gasteiger partial charge in [0.1, 0.15) is 5.75 Å². The van der Waals surface area contributed by atoms with Crippen LogP contribution in [0.5, 0.6) is 5.75 Å². The smallest absolute Gasteiger partial charge is 0.121 e. The van der Waals surface area contributed by atoms with Crippen molar-refractivity contribution < 1.29 is 4.74 Å². The van der Waals surface area contributed by atoms with Crippen LogP contribution in [0.4, 0.5) is 5.69 Å². The van der Waals surface area contributed by atoms with Gasteiger partial charge in [-0.3, -0.25) is 0 Å². The molecule has 1 unspecified atom stereocenters. The molecule has 1 saturated heterocycles. The van der Waals surface area contributed by atoms with Crippen LogP contribution in [0.3, 0.4) is 0 Å². The summed E-state index contributed by atoms with van der Waals surface area (Å²) >= 11 is 0. The molecule has 0 radical (unpaired) electrons. The van der Waals surface area contributed by atoms with Crippen molar-refractivity contribution >= 4 is 16.6 Å². The summed E-state index contributed by atoms with van der Waals surface area (Å²) in [4.78, 5) is 7.50. The number of anilines is 1. The molecule has 1 atom stereocenters. The minimum absolute atomic E-state index is 0.529. The van der Waals surface area contributed by atoms with Crippen molar-refractivity contribution in [1.82, 2.24) is 10.3 Å². The maximum absolute atomic E-state index is 5.46. The standard InChI is InChI=1S/C26H29N3O/c1-27-12-11-20-15-23(20)18-5-7-19(8-6-18)24-17-26(29-13-3-4-14-29)22-10-9-21(30-2)16-25(22)28-24/h5-10,15-17,23,27H,3-4,11-14H2,1-2H3. The van der Waals surface area contributed by atoms with Crippen molar-refractivity contribution in [2.75, 3.05) is 38.7 Å². The van der Waals surface area contributed by atoms with E-state index in [0.29, 0.717) is 5.92 Å². The van der Waals surface area contributed by atoms with Crippen LogP contribution in [0.25, 0.3) is 22.2 Å². The van der Waals surface area contributed by atoms with E-state index >= 15 is 0 Å². The molecule has 3 aromatic rings. The van der Waals surface area contributed by atoms with Crippen molar-refractivity contribution in [2.45, 2.75) is 25.2 Å². The maximum Gasteiger partial charge on any atom is 0.121 e. The van der Waals surface area contributed by atoms with Gasteiger partial charge >= 0.3 is 0 Å². The lowest BCUT2D eigenvalue weighted by Gasteiger charge is -2.21. The van der Waals surface area contributed by atoms with Crippen LogP contribution in [0, 0.1) is 0 Å². The van der Waals surface area contributed by atoms with E-state index in [-0.39, 0.29) is 0 Å². The van der Waals surface area contributed by atoms with Crippen LogP contribution in [0.15, 0.2) is 60.2 Å². The number of aromatic nitrogens is 1. The Labute approximate surface area is 178 Å². The fraction of sp³-hybridized carbons (Fsp3) is 0.346. The van der Waals surface area contributed by atoms with E-state index < -0.39 is 0 Å². The molecule has 1 aromatic heterocycles. The first-order chi connectivity index (χ1) is 14.8. The molecular formula is C26H29N3O. The molecule has 1 N–H and O–H groups in total. The number of hydrogen-bond donors (Lipinski definition) is 1. The summed E-state index contributed by atoms with van der Waals surface area (Å²) in [6.07, 6.45) is 6.02. The number of pyridine rings is 1. The van der Waals surface area contributed by atoms with Crippen molar-refractivity contribution in [3.63, 3.8) is 0 Å². The van der Waals surface area contributed by atoms with Gasteiger partial charge in [0.05, 0.1) is 18.3 Å². The van der Waals surface area contributed by atoms with Crippen LogP contribution < -0.4 is 15.0 Å². The van der Waals surface area contributed by atoms with Crippen LogP contribution in [0.1, 0.15) is 30.7 Å². The first kappa shape index (κ1) is 19.1. The molecule has 0 saturated carbocycles. The minimum Gasteiger partial charge on any atom is -0.497 e. The Morgan fingerprint density at radius 1 is 1.07 bits per heavy atom. The second kappa shape index (κ2) is 8.11. The summed E-state index contributed by atoms with van der Waals surface area (Å²) in [6, 6.07) is 17.5. The highest BCUT2D eigenvalue weighted by Gasteiger charge is 2.25. The normalized spacial score (nSPS) is 18.0. The largest absolute Gasteiger partial charge is 0.497 e. The average Bonchev–Trinajstić information content (AvgIpc) is 3.36. The van der Waals surface area contributed by atoms with Crippen molar-refractivity contribution in [1.29, 1.82) is 0 Å². The molecule has 154 valence electrons. The highest BCUT2D eigenvalue weighted by Crippen LogP contribution is 2.42. The Kier molecular flexibility index (Phi) is 5.17. The molecule has 2 aromatic carbocycles. The number of methoxy groups -OCH3 is 1. The predicted molar refractivity (Wildman–Crippen MR) is 125 cm³/mol. The van der Waals surface area contributed by atoms with E-state index in [9.17, 15) is 0 Å². The molecule has 0 bridgehead atoms. The Morgan fingerprint density at radius 3 is 2.60 bits per heavy atom. The van der Waals surface area contributed by atoms with Gasteiger partial charge < -0.3 is 15.0 Å². The first-order valence-electron chi connectivity index (χ1n) is 11.0. The van der Waals surface area contributed by atoms with Crippen LogP contribution >= 0.6 is 0 Å². The number of hydrogen-bond acceptors (Lipinski definition) is 4. The Hall–Kier alpha value is -2.85. The second-order valence-corrected chi connectivity index (χ2v) is 8.30. The molecule has 0 amide bonds. The van der Waals surface area contributed by atoms with Crippen molar-refractivity contribution in [3.05, 3.63) is 65.7 Å². The zero-order valence-corrected chi connectivity index (χ0v) is 17.8. The molecule has 1 aliphatic heterocycles. The van der Waals surface area contributed by atoms with Crippen LogP contribution in [-0.2, 0) is 0 Å². The van der Waals surface area contributed by atoms with Gasteiger partial charge in [0.25, 0.3) is 0 Å². The first-order valence-corrected chi connectivity index (χ1v) is 11.0. The van der Waals surface area contributed by atoms with E-state index in [1.165, 1.54) is 35.0 Å². The number of nitrogens with zero attached hydrogens (tertiary/aromatic N) is 2. The van der Waals surface area contributed by atoms with Crippen molar-refractivity contribution in [2.24, 2.45) is 0 Å². The third-order valence-electron chi connectivity index (χ3n) is 6.34. The molecular weight excluding hydrogens is 370 g/mol. The lowest BCUT2D eigenvalue weighted by Crippen LogP contribution is -2.18. The van der Waals surface area contributed by atoms with E-state index in [4.69, 9.17) is 9.72 Å². The van der Waals surface area contributed by atoms with Gasteiger partial charge in [-0.25, -0.2) is 4.98 Å². The summed E-state index contributed by atoms with van der Waals surface area (Å²) in [5.41, 5.74) is 7.41. The molecule has 1 fully saturated rings. The fourth-order valence-electron chi connectivity index (χ4n) is 4.53. The fourth-order valence-corrected chi connectivity index (χ4v) is 4.53. The number of allylic oxidation sites excluding steroid dienone is 1. The minimum atomic E-state index is 0.529. The predicted octanol–water partition coefficient (Wildman–Crippen LogP) is 5.14. The summed E-state index contributed by atoms with van der Waals surface area (Å²) in [5.74, 6) is 1.38. The van der Waals surface area contributed by atoms with Crippen molar-refractivity contribution in [3.8, 4) is 17.0 Å². The SMILES string of the molecule is CNCCC1=CC1c1ccc(-c2cc(N3CCCC3)c3ccc(OC)cc3n2)cc1. The number of ether oxygens (including phenoxy) is 1. The number of fused-ring (bicyclic) bond motifs is 1. The lowest BCUT2D eigenvalue weighted by atomic mass is 10.0. The van der Waals surface area contributed by atoms with Crippen LogP contribution in [-0.4, -0.2) is 38.8 Å². The summed E-state index contributed by atoms with van der Waals surface area (Å²) in [7, 11) is 3.72. The zero-order chi connectivity index (χ0) is 20.5. The van der Waals surface area contributed by atoms with Gasteiger partial charge in [-0.2, -0.15) is 0 Å². The van der Waals surface area contributed by atoms with Gasteiger partial charge in [-0.05, 0) is 56.6 Å². The molecule has 1 aliphatic carbocycles. The monoisotopic (exact) mass is 399 g/mol. The Bertz CT molecular complexity index is 1080. The quantitative estimate of drug-likeness (QED) is 0.558. The van der Waals surface area contributed by atoms with Crippen LogP contribution in [0.2, 0.25) is 0 Å². The average molecular weight is 400 g/mol. The van der Waals surface area contributed by atoms with E-state index in [2.05, 4.69) is 58.8 Å². The highest BCUT2D eigenvalue weighted by atomic mass is 16.5. The van der Waals surface area contributed by atoms with Gasteiger partial charge in [0.2, 0.25) is 0 Å². The van der Waals surface area contributed by atoms with E-state index in [1.807, 2.05) is 13.1 Å².